The number of para-hydroxylation sites is 1. The molecule has 2 aromatic carbocycles. The number of benzene rings is 2. The third-order valence-corrected chi connectivity index (χ3v) is 5.85. The van der Waals surface area contributed by atoms with E-state index >= 15 is 0 Å². The van der Waals surface area contributed by atoms with E-state index in [9.17, 15) is 4.57 Å². The summed E-state index contributed by atoms with van der Waals surface area (Å²) in [4.78, 5) is 0. The van der Waals surface area contributed by atoms with E-state index in [2.05, 4.69) is 10.5 Å². The van der Waals surface area contributed by atoms with Gasteiger partial charge >= 0.3 is 7.60 Å². The average molecular weight is 372 g/mol. The Bertz CT molecular complexity index is 777. The average Bonchev–Trinajstić information content (AvgIpc) is 2.64. The summed E-state index contributed by atoms with van der Waals surface area (Å²) in [7, 11) is -3.18. The van der Waals surface area contributed by atoms with Crippen molar-refractivity contribution >= 4 is 19.0 Å². The Labute approximate surface area is 155 Å². The first-order chi connectivity index (χ1) is 12.4. The zero-order chi connectivity index (χ0) is 18.5. The van der Waals surface area contributed by atoms with Gasteiger partial charge in [0.15, 0.2) is 0 Å². The van der Waals surface area contributed by atoms with Crippen LogP contribution < -0.4 is 5.43 Å². The largest absolute Gasteiger partial charge is 0.336 e. The Morgan fingerprint density at radius 3 is 2.23 bits per heavy atom. The molecule has 2 aromatic rings. The number of nitrogens with zero attached hydrogens (tertiary/aromatic N) is 1. The Morgan fingerprint density at radius 1 is 1.04 bits per heavy atom. The third kappa shape index (κ3) is 5.53. The summed E-state index contributed by atoms with van der Waals surface area (Å²) in [6.45, 7) is 4.92. The second kappa shape index (κ2) is 8.17. The van der Waals surface area contributed by atoms with Gasteiger partial charge in [0.2, 0.25) is 0 Å². The van der Waals surface area contributed by atoms with E-state index in [-0.39, 0.29) is 11.6 Å². The van der Waals surface area contributed by atoms with E-state index < -0.39 is 7.60 Å². The van der Waals surface area contributed by atoms with E-state index in [1.165, 1.54) is 0 Å². The van der Waals surface area contributed by atoms with Crippen molar-refractivity contribution in [2.24, 2.45) is 10.5 Å². The first-order valence-corrected chi connectivity index (χ1v) is 10.5. The van der Waals surface area contributed by atoms with E-state index in [0.717, 1.165) is 17.0 Å². The van der Waals surface area contributed by atoms with Gasteiger partial charge in [0.1, 0.15) is 0 Å². The quantitative estimate of drug-likeness (QED) is 0.442. The van der Waals surface area contributed by atoms with E-state index in [4.69, 9.17) is 9.05 Å². The first-order valence-electron chi connectivity index (χ1n) is 8.73. The molecule has 0 unspecified atom stereocenters. The van der Waals surface area contributed by atoms with Crippen molar-refractivity contribution in [3.05, 3.63) is 66.2 Å². The summed E-state index contributed by atoms with van der Waals surface area (Å²) in [5, 5.41) is 4.50. The van der Waals surface area contributed by atoms with Crippen molar-refractivity contribution in [2.75, 3.05) is 24.8 Å². The molecule has 1 heterocycles. The van der Waals surface area contributed by atoms with Crippen LogP contribution in [0.3, 0.4) is 0 Å². The molecule has 1 saturated heterocycles. The zero-order valence-corrected chi connectivity index (χ0v) is 16.1. The highest BCUT2D eigenvalue weighted by Crippen LogP contribution is 2.53. The van der Waals surface area contributed by atoms with Crippen molar-refractivity contribution in [3.63, 3.8) is 0 Å². The molecule has 0 atom stereocenters. The second-order valence-corrected chi connectivity index (χ2v) is 9.35. The van der Waals surface area contributed by atoms with Crippen molar-refractivity contribution in [3.8, 4) is 0 Å². The lowest BCUT2D eigenvalue weighted by molar-refractivity contribution is 0.0429. The maximum absolute atomic E-state index is 13.0. The van der Waals surface area contributed by atoms with Crippen LogP contribution in [0.4, 0.5) is 5.69 Å². The number of nitrogens with one attached hydrogen (secondary N) is 1. The van der Waals surface area contributed by atoms with E-state index in [1.54, 1.807) is 0 Å². The summed E-state index contributed by atoms with van der Waals surface area (Å²) in [5.41, 5.74) is 5.64. The molecule has 5 nitrogen and oxygen atoms in total. The fraction of sp³-hybridized carbons (Fsp3) is 0.350. The maximum Gasteiger partial charge on any atom is 0.336 e. The highest BCUT2D eigenvalue weighted by molar-refractivity contribution is 7.55. The molecule has 0 aromatic heterocycles. The normalized spacial score (nSPS) is 19.1. The maximum atomic E-state index is 13.0. The predicted molar refractivity (Wildman–Crippen MR) is 106 cm³/mol. The minimum atomic E-state index is -3.18. The predicted octanol–water partition coefficient (Wildman–Crippen LogP) is 4.96. The lowest BCUT2D eigenvalue weighted by Crippen LogP contribution is -2.31. The van der Waals surface area contributed by atoms with Gasteiger partial charge in [-0.25, -0.2) is 0 Å². The van der Waals surface area contributed by atoms with Crippen LogP contribution in [0, 0.1) is 5.41 Å². The van der Waals surface area contributed by atoms with Crippen LogP contribution in [0.25, 0.3) is 0 Å². The zero-order valence-electron chi connectivity index (χ0n) is 15.2. The van der Waals surface area contributed by atoms with Gasteiger partial charge in [-0.1, -0.05) is 62.4 Å². The minimum Gasteiger partial charge on any atom is -0.308 e. The molecule has 1 aliphatic heterocycles. The Hall–Kier alpha value is -1.94. The minimum absolute atomic E-state index is 0.118. The number of hydrazone groups is 1. The topological polar surface area (TPSA) is 59.9 Å². The fourth-order valence-electron chi connectivity index (χ4n) is 2.56. The molecule has 0 aliphatic carbocycles. The number of anilines is 1. The van der Waals surface area contributed by atoms with Crippen molar-refractivity contribution in [2.45, 2.75) is 20.3 Å². The molecule has 0 spiro atoms. The number of hydrogen-bond donors (Lipinski definition) is 1. The van der Waals surface area contributed by atoms with Gasteiger partial charge < -0.3 is 9.05 Å². The van der Waals surface area contributed by atoms with Crippen molar-refractivity contribution in [1.29, 1.82) is 0 Å². The lowest BCUT2D eigenvalue weighted by Gasteiger charge is -2.34. The molecular formula is C20H25N2O3P. The molecule has 3 rings (SSSR count). The fourth-order valence-corrected chi connectivity index (χ4v) is 4.54. The molecule has 0 bridgehead atoms. The molecule has 138 valence electrons. The Balaban J connectivity index is 1.75. The Kier molecular flexibility index (Phi) is 5.92. The van der Waals surface area contributed by atoms with E-state index in [0.29, 0.717) is 19.6 Å². The second-order valence-electron chi connectivity index (χ2n) is 7.30. The molecular weight excluding hydrogens is 347 g/mol. The van der Waals surface area contributed by atoms with Crippen LogP contribution in [0.1, 0.15) is 19.4 Å². The summed E-state index contributed by atoms with van der Waals surface area (Å²) in [6.07, 6.45) is 0.762. The van der Waals surface area contributed by atoms with Crippen LogP contribution in [-0.4, -0.2) is 25.1 Å². The monoisotopic (exact) mass is 372 g/mol. The highest BCUT2D eigenvalue weighted by atomic mass is 31.2. The molecule has 1 fully saturated rings. The highest BCUT2D eigenvalue weighted by Gasteiger charge is 2.37. The molecule has 6 heteroatoms. The molecule has 1 N–H and O–H groups in total. The summed E-state index contributed by atoms with van der Waals surface area (Å²) >= 11 is 0. The van der Waals surface area contributed by atoms with Gasteiger partial charge in [-0.2, -0.15) is 5.10 Å². The van der Waals surface area contributed by atoms with Gasteiger partial charge in [0.25, 0.3) is 0 Å². The lowest BCUT2D eigenvalue weighted by atomic mass is 9.97. The summed E-state index contributed by atoms with van der Waals surface area (Å²) in [6, 6.07) is 19.7. The molecule has 1 aliphatic rings. The molecule has 0 radical (unpaired) electrons. The van der Waals surface area contributed by atoms with Gasteiger partial charge in [-0.3, -0.25) is 9.99 Å². The first kappa shape index (κ1) is 18.8. The molecule has 0 amide bonds. The van der Waals surface area contributed by atoms with E-state index in [1.807, 2.05) is 74.5 Å². The van der Waals surface area contributed by atoms with Gasteiger partial charge in [0, 0.05) is 11.8 Å². The van der Waals surface area contributed by atoms with Gasteiger partial charge in [-0.15, -0.1) is 0 Å². The summed E-state index contributed by atoms with van der Waals surface area (Å²) < 4.78 is 24.2. The van der Waals surface area contributed by atoms with Crippen molar-refractivity contribution < 1.29 is 13.6 Å². The van der Waals surface area contributed by atoms with Crippen LogP contribution in [0.15, 0.2) is 65.8 Å². The Morgan fingerprint density at radius 2 is 1.62 bits per heavy atom. The van der Waals surface area contributed by atoms with Gasteiger partial charge in [-0.05, 0) is 17.7 Å². The number of hydrogen-bond acceptors (Lipinski definition) is 5. The number of rotatable bonds is 6. The molecule has 26 heavy (non-hydrogen) atoms. The third-order valence-electron chi connectivity index (χ3n) is 4.05. The standard InChI is InChI=1S/C20H25N2O3P/c1-20(2)15-24-26(23,25-16-20)14-19(13-17-9-5-3-6-10-17)22-21-18-11-7-4-8-12-18/h3-12,21H,13-16H2,1-2H3/b22-19-. The SMILES string of the molecule is CC1(C)COP(=O)(C/C(Cc2ccccc2)=N\Nc2ccccc2)OC1. The summed E-state index contributed by atoms with van der Waals surface area (Å²) in [5.74, 6) is 0. The van der Waals surface area contributed by atoms with Crippen LogP contribution in [0.2, 0.25) is 0 Å². The smallest absolute Gasteiger partial charge is 0.308 e. The van der Waals surface area contributed by atoms with Crippen LogP contribution in [-0.2, 0) is 20.0 Å². The van der Waals surface area contributed by atoms with Crippen LogP contribution >= 0.6 is 7.60 Å². The van der Waals surface area contributed by atoms with Gasteiger partial charge in [0.05, 0.1) is 30.8 Å². The molecule has 0 saturated carbocycles. The van der Waals surface area contributed by atoms with Crippen molar-refractivity contribution in [1.82, 2.24) is 0 Å². The van der Waals surface area contributed by atoms with Crippen LogP contribution in [0.5, 0.6) is 0 Å².